The molecule has 0 fully saturated rings. The van der Waals surface area contributed by atoms with Gasteiger partial charge in [0.1, 0.15) is 5.82 Å². The van der Waals surface area contributed by atoms with Crippen molar-refractivity contribution in [1.82, 2.24) is 0 Å². The van der Waals surface area contributed by atoms with Crippen molar-refractivity contribution in [3.8, 4) is 0 Å². The lowest BCUT2D eigenvalue weighted by Gasteiger charge is -2.09. The zero-order valence-corrected chi connectivity index (χ0v) is 9.06. The number of ether oxygens (including phenoxy) is 1. The van der Waals surface area contributed by atoms with Gasteiger partial charge in [0.05, 0.1) is 19.6 Å². The highest BCUT2D eigenvalue weighted by Crippen LogP contribution is 2.20. The summed E-state index contributed by atoms with van der Waals surface area (Å²) in [6, 6.07) is 4.57. The van der Waals surface area contributed by atoms with Crippen molar-refractivity contribution in [2.75, 3.05) is 6.61 Å². The van der Waals surface area contributed by atoms with E-state index in [-0.39, 0.29) is 18.7 Å². The molecule has 1 aromatic rings. The molecule has 0 aromatic heterocycles. The van der Waals surface area contributed by atoms with Gasteiger partial charge in [-0.3, -0.25) is 0 Å². The van der Waals surface area contributed by atoms with Crippen molar-refractivity contribution >= 4 is 0 Å². The van der Waals surface area contributed by atoms with Gasteiger partial charge in [0.25, 0.3) is 0 Å². The minimum absolute atomic E-state index is 0.0439. The molecule has 1 rings (SSSR count). The minimum atomic E-state index is -4.25. The molecule has 0 atom stereocenters. The van der Waals surface area contributed by atoms with Crippen molar-refractivity contribution in [3.63, 3.8) is 0 Å². The minimum Gasteiger partial charge on any atom is -0.376 e. The second-order valence-electron chi connectivity index (χ2n) is 3.51. The second kappa shape index (κ2) is 5.97. The monoisotopic (exact) mass is 251 g/mol. The quantitative estimate of drug-likeness (QED) is 0.645. The summed E-state index contributed by atoms with van der Waals surface area (Å²) in [4.78, 5) is 0. The Bertz CT molecular complexity index is 365. The summed E-state index contributed by atoms with van der Waals surface area (Å²) in [7, 11) is 0. The van der Waals surface area contributed by atoms with Crippen LogP contribution in [-0.4, -0.2) is 12.8 Å². The Labute approximate surface area is 96.4 Å². The van der Waals surface area contributed by atoms with E-state index in [9.17, 15) is 17.6 Å². The van der Waals surface area contributed by atoms with Gasteiger partial charge < -0.3 is 10.5 Å². The number of rotatable bonds is 5. The van der Waals surface area contributed by atoms with Crippen molar-refractivity contribution in [2.24, 2.45) is 5.73 Å². The Kier molecular flexibility index (Phi) is 4.89. The molecule has 0 spiro atoms. The van der Waals surface area contributed by atoms with E-state index >= 15 is 0 Å². The lowest BCUT2D eigenvalue weighted by atomic mass is 10.1. The van der Waals surface area contributed by atoms with Gasteiger partial charge in [0.15, 0.2) is 0 Å². The molecular formula is C11H13F4NO. The molecule has 0 amide bonds. The van der Waals surface area contributed by atoms with Crippen LogP contribution in [0.5, 0.6) is 0 Å². The summed E-state index contributed by atoms with van der Waals surface area (Å²) in [5.41, 5.74) is 5.84. The fraction of sp³-hybridized carbons (Fsp3) is 0.455. The molecule has 0 bridgehead atoms. The average Bonchev–Trinajstić information content (AvgIpc) is 2.25. The molecule has 0 heterocycles. The van der Waals surface area contributed by atoms with Crippen LogP contribution in [0, 0.1) is 5.82 Å². The molecule has 0 radical (unpaired) electrons. The molecule has 1 aromatic carbocycles. The van der Waals surface area contributed by atoms with Crippen LogP contribution < -0.4 is 5.73 Å². The van der Waals surface area contributed by atoms with Crippen molar-refractivity contribution < 1.29 is 22.3 Å². The molecule has 0 aliphatic carbocycles. The fourth-order valence-corrected chi connectivity index (χ4v) is 1.27. The molecule has 0 unspecified atom stereocenters. The number of hydrogen-bond donors (Lipinski definition) is 1. The van der Waals surface area contributed by atoms with Gasteiger partial charge in [0, 0.05) is 17.7 Å². The third-order valence-corrected chi connectivity index (χ3v) is 2.17. The summed E-state index contributed by atoms with van der Waals surface area (Å²) in [5.74, 6) is -0.512. The summed E-state index contributed by atoms with van der Waals surface area (Å²) in [5, 5.41) is 0. The molecule has 6 heteroatoms. The number of benzene rings is 1. The Balaban J connectivity index is 2.47. The van der Waals surface area contributed by atoms with E-state index in [4.69, 9.17) is 10.5 Å². The van der Waals surface area contributed by atoms with Crippen LogP contribution in [0.15, 0.2) is 18.2 Å². The third kappa shape index (κ3) is 4.70. The van der Waals surface area contributed by atoms with E-state index in [1.807, 2.05) is 0 Å². The molecule has 0 saturated heterocycles. The van der Waals surface area contributed by atoms with Crippen molar-refractivity contribution in [2.45, 2.75) is 25.7 Å². The third-order valence-electron chi connectivity index (χ3n) is 2.17. The number of alkyl halides is 3. The first-order chi connectivity index (χ1) is 7.94. The number of hydrogen-bond acceptors (Lipinski definition) is 2. The second-order valence-corrected chi connectivity index (χ2v) is 3.51. The predicted molar refractivity (Wildman–Crippen MR) is 54.6 cm³/mol. The lowest BCUT2D eigenvalue weighted by Crippen LogP contribution is -2.12. The van der Waals surface area contributed by atoms with E-state index in [0.717, 1.165) is 0 Å². The van der Waals surface area contributed by atoms with Gasteiger partial charge in [-0.1, -0.05) is 18.2 Å². The Hall–Kier alpha value is -1.14. The zero-order chi connectivity index (χ0) is 12.9. The molecule has 2 nitrogen and oxygen atoms in total. The Morgan fingerprint density at radius 2 is 1.82 bits per heavy atom. The van der Waals surface area contributed by atoms with Gasteiger partial charge in [-0.25, -0.2) is 4.39 Å². The van der Waals surface area contributed by atoms with Crippen LogP contribution in [0.1, 0.15) is 17.5 Å². The number of nitrogens with two attached hydrogens (primary N) is 1. The van der Waals surface area contributed by atoms with E-state index in [0.29, 0.717) is 5.56 Å². The van der Waals surface area contributed by atoms with Gasteiger partial charge in [0.2, 0.25) is 0 Å². The normalized spacial score (nSPS) is 11.8. The van der Waals surface area contributed by atoms with E-state index in [1.54, 1.807) is 6.07 Å². The SMILES string of the molecule is NCc1cccc(COCCC(F)(F)F)c1F. The predicted octanol–water partition coefficient (Wildman–Crippen LogP) is 2.75. The highest BCUT2D eigenvalue weighted by Gasteiger charge is 2.26. The first-order valence-electron chi connectivity index (χ1n) is 5.05. The largest absolute Gasteiger partial charge is 0.391 e. The molecule has 17 heavy (non-hydrogen) atoms. The van der Waals surface area contributed by atoms with Crippen LogP contribution in [-0.2, 0) is 17.9 Å². The van der Waals surface area contributed by atoms with Crippen LogP contribution in [0.4, 0.5) is 17.6 Å². The summed E-state index contributed by atoms with van der Waals surface area (Å²) in [6.45, 7) is -0.617. The van der Waals surface area contributed by atoms with E-state index in [2.05, 4.69) is 0 Å². The van der Waals surface area contributed by atoms with Crippen molar-refractivity contribution in [1.29, 1.82) is 0 Å². The zero-order valence-electron chi connectivity index (χ0n) is 9.06. The molecular weight excluding hydrogens is 238 g/mol. The van der Waals surface area contributed by atoms with Crippen LogP contribution >= 0.6 is 0 Å². The molecule has 0 saturated carbocycles. The van der Waals surface area contributed by atoms with Gasteiger partial charge in [-0.05, 0) is 0 Å². The highest BCUT2D eigenvalue weighted by molar-refractivity contribution is 5.25. The number of halogens is 4. The van der Waals surface area contributed by atoms with Crippen LogP contribution in [0.25, 0.3) is 0 Å². The standard InChI is InChI=1S/C11H13F4NO/c12-10-8(6-16)2-1-3-9(10)7-17-5-4-11(13,14)15/h1-3H,4-7,16H2. The summed E-state index contributed by atoms with van der Waals surface area (Å²) < 4.78 is 53.8. The Morgan fingerprint density at radius 1 is 1.18 bits per heavy atom. The van der Waals surface area contributed by atoms with E-state index in [1.165, 1.54) is 12.1 Å². The molecule has 0 aliphatic heterocycles. The fourth-order valence-electron chi connectivity index (χ4n) is 1.27. The average molecular weight is 251 g/mol. The Morgan fingerprint density at radius 3 is 2.41 bits per heavy atom. The van der Waals surface area contributed by atoms with Crippen LogP contribution in [0.2, 0.25) is 0 Å². The smallest absolute Gasteiger partial charge is 0.376 e. The molecule has 2 N–H and O–H groups in total. The van der Waals surface area contributed by atoms with Gasteiger partial charge >= 0.3 is 6.18 Å². The first kappa shape index (κ1) is 13.9. The van der Waals surface area contributed by atoms with E-state index < -0.39 is 25.0 Å². The van der Waals surface area contributed by atoms with Gasteiger partial charge in [-0.2, -0.15) is 13.2 Å². The lowest BCUT2D eigenvalue weighted by molar-refractivity contribution is -0.146. The topological polar surface area (TPSA) is 35.2 Å². The molecule has 96 valence electrons. The van der Waals surface area contributed by atoms with Gasteiger partial charge in [-0.15, -0.1) is 0 Å². The first-order valence-corrected chi connectivity index (χ1v) is 5.05. The molecule has 0 aliphatic rings. The maximum Gasteiger partial charge on any atom is 0.391 e. The maximum atomic E-state index is 13.6. The van der Waals surface area contributed by atoms with Crippen LogP contribution in [0.3, 0.4) is 0 Å². The maximum absolute atomic E-state index is 13.6. The summed E-state index contributed by atoms with van der Waals surface area (Å²) >= 11 is 0. The summed E-state index contributed by atoms with van der Waals surface area (Å²) in [6.07, 6.45) is -5.29. The highest BCUT2D eigenvalue weighted by atomic mass is 19.4. The van der Waals surface area contributed by atoms with Crippen molar-refractivity contribution in [3.05, 3.63) is 35.1 Å².